The average Bonchev–Trinajstić information content (AvgIpc) is 2.95. The van der Waals surface area contributed by atoms with Crippen molar-refractivity contribution in [2.24, 2.45) is 5.92 Å². The van der Waals surface area contributed by atoms with Crippen LogP contribution in [0.2, 0.25) is 0 Å². The summed E-state index contributed by atoms with van der Waals surface area (Å²) in [5.74, 6) is 0.574. The highest BCUT2D eigenvalue weighted by atomic mass is 16.5. The van der Waals surface area contributed by atoms with Gasteiger partial charge in [0.2, 0.25) is 0 Å². The number of rotatable bonds is 10. The molecule has 1 saturated heterocycles. The molecule has 0 bridgehead atoms. The van der Waals surface area contributed by atoms with E-state index in [1.165, 1.54) is 0 Å². The van der Waals surface area contributed by atoms with Crippen molar-refractivity contribution in [3.05, 3.63) is 0 Å². The molecule has 0 saturated carbocycles. The highest BCUT2D eigenvalue weighted by Gasteiger charge is 2.26. The maximum atomic E-state index is 9.36. The van der Waals surface area contributed by atoms with Crippen molar-refractivity contribution < 1.29 is 9.47 Å². The van der Waals surface area contributed by atoms with Crippen LogP contribution < -0.4 is 5.32 Å². The summed E-state index contributed by atoms with van der Waals surface area (Å²) in [7, 11) is 0. The molecule has 2 unspecified atom stereocenters. The molecule has 1 aliphatic rings. The molecule has 19 heavy (non-hydrogen) atoms. The van der Waals surface area contributed by atoms with Crippen molar-refractivity contribution in [2.75, 3.05) is 33.0 Å². The molecule has 110 valence electrons. The summed E-state index contributed by atoms with van der Waals surface area (Å²) in [6.45, 7) is 8.36. The molecule has 2 atom stereocenters. The molecule has 1 heterocycles. The van der Waals surface area contributed by atoms with Crippen molar-refractivity contribution in [2.45, 2.75) is 51.5 Å². The second-order valence-electron chi connectivity index (χ2n) is 5.38. The Labute approximate surface area is 117 Å². The first-order valence-corrected chi connectivity index (χ1v) is 7.58. The van der Waals surface area contributed by atoms with E-state index in [0.717, 1.165) is 65.1 Å². The van der Waals surface area contributed by atoms with E-state index < -0.39 is 0 Å². The SMILES string of the molecule is CCCNC(C#N)(CC)CCCOCC1CCOC1. The lowest BCUT2D eigenvalue weighted by Gasteiger charge is -2.26. The number of hydrogen-bond donors (Lipinski definition) is 1. The van der Waals surface area contributed by atoms with E-state index in [-0.39, 0.29) is 5.54 Å². The van der Waals surface area contributed by atoms with Crippen molar-refractivity contribution in [3.63, 3.8) is 0 Å². The van der Waals surface area contributed by atoms with Gasteiger partial charge < -0.3 is 9.47 Å². The van der Waals surface area contributed by atoms with E-state index in [1.54, 1.807) is 0 Å². The summed E-state index contributed by atoms with van der Waals surface area (Å²) in [5, 5.41) is 12.7. The minimum Gasteiger partial charge on any atom is -0.381 e. The standard InChI is InChI=1S/C15H28N2O2/c1-3-8-17-15(4-2,13-16)7-5-9-18-11-14-6-10-19-12-14/h14,17H,3-12H2,1-2H3. The van der Waals surface area contributed by atoms with Gasteiger partial charge in [-0.2, -0.15) is 5.26 Å². The largest absolute Gasteiger partial charge is 0.381 e. The summed E-state index contributed by atoms with van der Waals surface area (Å²) in [4.78, 5) is 0. The van der Waals surface area contributed by atoms with Crippen molar-refractivity contribution >= 4 is 0 Å². The number of hydrogen-bond acceptors (Lipinski definition) is 4. The fraction of sp³-hybridized carbons (Fsp3) is 0.933. The highest BCUT2D eigenvalue weighted by molar-refractivity contribution is 5.06. The molecule has 0 aliphatic carbocycles. The van der Waals surface area contributed by atoms with Gasteiger partial charge in [-0.1, -0.05) is 13.8 Å². The van der Waals surface area contributed by atoms with E-state index in [4.69, 9.17) is 9.47 Å². The average molecular weight is 268 g/mol. The number of nitrogens with one attached hydrogen (secondary N) is 1. The molecule has 1 N–H and O–H groups in total. The highest BCUT2D eigenvalue weighted by Crippen LogP contribution is 2.17. The Kier molecular flexibility index (Phi) is 8.04. The molecule has 1 aliphatic heterocycles. The Balaban J connectivity index is 2.15. The molecule has 0 aromatic heterocycles. The van der Waals surface area contributed by atoms with Crippen LogP contribution in [0.5, 0.6) is 0 Å². The third-order valence-corrected chi connectivity index (χ3v) is 3.80. The van der Waals surface area contributed by atoms with Crippen LogP contribution in [0.3, 0.4) is 0 Å². The van der Waals surface area contributed by atoms with Crippen LogP contribution in [0, 0.1) is 17.2 Å². The molecular formula is C15H28N2O2. The molecule has 4 nitrogen and oxygen atoms in total. The number of ether oxygens (including phenoxy) is 2. The third-order valence-electron chi connectivity index (χ3n) is 3.80. The molecule has 1 rings (SSSR count). The van der Waals surface area contributed by atoms with Gasteiger partial charge in [-0.3, -0.25) is 5.32 Å². The molecule has 0 aromatic carbocycles. The Morgan fingerprint density at radius 2 is 2.32 bits per heavy atom. The van der Waals surface area contributed by atoms with E-state index in [1.807, 2.05) is 0 Å². The molecule has 1 fully saturated rings. The van der Waals surface area contributed by atoms with Crippen LogP contribution in [0.15, 0.2) is 0 Å². The van der Waals surface area contributed by atoms with Crippen LogP contribution >= 0.6 is 0 Å². The van der Waals surface area contributed by atoms with Gasteiger partial charge in [0.25, 0.3) is 0 Å². The number of nitrogens with zero attached hydrogens (tertiary/aromatic N) is 1. The van der Waals surface area contributed by atoms with Gasteiger partial charge in [0.05, 0.1) is 19.3 Å². The minimum atomic E-state index is -0.365. The number of nitriles is 1. The van der Waals surface area contributed by atoms with E-state index in [0.29, 0.717) is 5.92 Å². The first-order chi connectivity index (χ1) is 9.26. The summed E-state index contributed by atoms with van der Waals surface area (Å²) in [5.41, 5.74) is -0.365. The van der Waals surface area contributed by atoms with Gasteiger partial charge in [0.1, 0.15) is 5.54 Å². The van der Waals surface area contributed by atoms with E-state index in [9.17, 15) is 5.26 Å². The van der Waals surface area contributed by atoms with Crippen LogP contribution in [0.25, 0.3) is 0 Å². The smallest absolute Gasteiger partial charge is 0.106 e. The van der Waals surface area contributed by atoms with Crippen LogP contribution in [-0.4, -0.2) is 38.5 Å². The van der Waals surface area contributed by atoms with E-state index in [2.05, 4.69) is 25.2 Å². The van der Waals surface area contributed by atoms with Crippen LogP contribution in [0.1, 0.15) is 46.0 Å². The Morgan fingerprint density at radius 1 is 1.47 bits per heavy atom. The minimum absolute atomic E-state index is 0.365. The zero-order chi connectivity index (χ0) is 14.0. The van der Waals surface area contributed by atoms with Crippen molar-refractivity contribution in [3.8, 4) is 6.07 Å². The summed E-state index contributed by atoms with van der Waals surface area (Å²) in [6, 6.07) is 2.45. The van der Waals surface area contributed by atoms with Crippen molar-refractivity contribution in [1.29, 1.82) is 5.26 Å². The molecule has 0 spiro atoms. The molecule has 0 amide bonds. The zero-order valence-corrected chi connectivity index (χ0v) is 12.4. The molecular weight excluding hydrogens is 240 g/mol. The van der Waals surface area contributed by atoms with Crippen molar-refractivity contribution in [1.82, 2.24) is 5.32 Å². The molecule has 0 radical (unpaired) electrons. The quantitative estimate of drug-likeness (QED) is 0.618. The normalized spacial score (nSPS) is 22.1. The monoisotopic (exact) mass is 268 g/mol. The topological polar surface area (TPSA) is 54.3 Å². The van der Waals surface area contributed by atoms with Gasteiger partial charge in [-0.25, -0.2) is 0 Å². The van der Waals surface area contributed by atoms with Gasteiger partial charge in [0, 0.05) is 19.1 Å². The zero-order valence-electron chi connectivity index (χ0n) is 12.4. The van der Waals surface area contributed by atoms with Crippen LogP contribution in [0.4, 0.5) is 0 Å². The molecule has 4 heteroatoms. The summed E-state index contributed by atoms with van der Waals surface area (Å²) in [6.07, 6.45) is 4.82. The maximum Gasteiger partial charge on any atom is 0.106 e. The fourth-order valence-corrected chi connectivity index (χ4v) is 2.37. The Hall–Kier alpha value is -0.630. The first-order valence-electron chi connectivity index (χ1n) is 7.58. The Bertz CT molecular complexity index is 272. The van der Waals surface area contributed by atoms with E-state index >= 15 is 0 Å². The first kappa shape index (κ1) is 16.4. The second-order valence-corrected chi connectivity index (χ2v) is 5.38. The van der Waals surface area contributed by atoms with Gasteiger partial charge in [0.15, 0.2) is 0 Å². The predicted molar refractivity (Wildman–Crippen MR) is 75.9 cm³/mol. The van der Waals surface area contributed by atoms with Gasteiger partial charge in [-0.15, -0.1) is 0 Å². The van der Waals surface area contributed by atoms with Gasteiger partial charge >= 0.3 is 0 Å². The Morgan fingerprint density at radius 3 is 2.89 bits per heavy atom. The lowest BCUT2D eigenvalue weighted by Crippen LogP contribution is -2.44. The summed E-state index contributed by atoms with van der Waals surface area (Å²) >= 11 is 0. The lowest BCUT2D eigenvalue weighted by atomic mass is 9.92. The fourth-order valence-electron chi connectivity index (χ4n) is 2.37. The maximum absolute atomic E-state index is 9.36. The summed E-state index contributed by atoms with van der Waals surface area (Å²) < 4.78 is 11.0. The van der Waals surface area contributed by atoms with Crippen LogP contribution in [-0.2, 0) is 9.47 Å². The van der Waals surface area contributed by atoms with Gasteiger partial charge in [-0.05, 0) is 38.6 Å². The molecule has 0 aromatic rings. The predicted octanol–water partition coefficient (Wildman–Crippen LogP) is 2.49. The lowest BCUT2D eigenvalue weighted by molar-refractivity contribution is 0.0844. The third kappa shape index (κ3) is 5.90. The second kappa shape index (κ2) is 9.30.